The molecule has 1 aliphatic heterocycles. The summed E-state index contributed by atoms with van der Waals surface area (Å²) < 4.78 is 8.37. The highest BCUT2D eigenvalue weighted by atomic mass is 79.9. The SMILES string of the molecule is Brc1cnn(C2CCN(Cc3noc(C4CC4)n3)C2)c1. The Balaban J connectivity index is 1.38. The van der Waals surface area contributed by atoms with Crippen molar-refractivity contribution in [2.75, 3.05) is 13.1 Å². The maximum Gasteiger partial charge on any atom is 0.229 e. The summed E-state index contributed by atoms with van der Waals surface area (Å²) in [4.78, 5) is 6.85. The molecule has 20 heavy (non-hydrogen) atoms. The number of rotatable bonds is 4. The lowest BCUT2D eigenvalue weighted by Crippen LogP contribution is -2.22. The smallest absolute Gasteiger partial charge is 0.229 e. The lowest BCUT2D eigenvalue weighted by Gasteiger charge is -2.13. The second-order valence-corrected chi connectivity index (χ2v) is 6.55. The second kappa shape index (κ2) is 4.96. The van der Waals surface area contributed by atoms with Crippen LogP contribution in [-0.2, 0) is 6.54 Å². The molecular weight excluding hydrogens is 322 g/mol. The van der Waals surface area contributed by atoms with E-state index in [0.29, 0.717) is 12.0 Å². The summed E-state index contributed by atoms with van der Waals surface area (Å²) in [7, 11) is 0. The zero-order valence-electron chi connectivity index (χ0n) is 11.1. The Bertz CT molecular complexity index is 605. The van der Waals surface area contributed by atoms with Gasteiger partial charge in [-0.3, -0.25) is 9.58 Å². The minimum Gasteiger partial charge on any atom is -0.339 e. The van der Waals surface area contributed by atoms with Gasteiger partial charge < -0.3 is 4.52 Å². The van der Waals surface area contributed by atoms with Gasteiger partial charge in [0.2, 0.25) is 5.89 Å². The van der Waals surface area contributed by atoms with Gasteiger partial charge in [0, 0.05) is 25.2 Å². The molecule has 0 amide bonds. The molecule has 2 aromatic heterocycles. The third kappa shape index (κ3) is 2.52. The van der Waals surface area contributed by atoms with Crippen LogP contribution in [0, 0.1) is 0 Å². The van der Waals surface area contributed by atoms with Gasteiger partial charge in [0.05, 0.1) is 23.3 Å². The molecule has 0 radical (unpaired) electrons. The lowest BCUT2D eigenvalue weighted by molar-refractivity contribution is 0.295. The number of hydrogen-bond donors (Lipinski definition) is 0. The Morgan fingerprint density at radius 3 is 3.00 bits per heavy atom. The van der Waals surface area contributed by atoms with E-state index in [1.54, 1.807) is 0 Å². The van der Waals surface area contributed by atoms with Crippen LogP contribution >= 0.6 is 15.9 Å². The highest BCUT2D eigenvalue weighted by molar-refractivity contribution is 9.10. The van der Waals surface area contributed by atoms with E-state index in [1.165, 1.54) is 12.8 Å². The van der Waals surface area contributed by atoms with E-state index >= 15 is 0 Å². The molecule has 7 heteroatoms. The first-order valence-corrected chi connectivity index (χ1v) is 7.82. The highest BCUT2D eigenvalue weighted by Crippen LogP contribution is 2.38. The molecule has 2 fully saturated rings. The van der Waals surface area contributed by atoms with Crippen LogP contribution in [0.3, 0.4) is 0 Å². The first-order valence-electron chi connectivity index (χ1n) is 7.02. The standard InChI is InChI=1S/C13H16BrN5O/c14-10-5-15-19(6-10)11-3-4-18(7-11)8-12-16-13(20-17-12)9-1-2-9/h5-6,9,11H,1-4,7-8H2. The second-order valence-electron chi connectivity index (χ2n) is 5.64. The van der Waals surface area contributed by atoms with Crippen LogP contribution in [0.1, 0.15) is 42.9 Å². The number of likely N-dealkylation sites (tertiary alicyclic amines) is 1. The lowest BCUT2D eigenvalue weighted by atomic mass is 10.3. The Morgan fingerprint density at radius 2 is 2.25 bits per heavy atom. The van der Waals surface area contributed by atoms with Crippen molar-refractivity contribution >= 4 is 15.9 Å². The molecule has 2 aliphatic rings. The molecule has 6 nitrogen and oxygen atoms in total. The van der Waals surface area contributed by atoms with Gasteiger partial charge in [0.25, 0.3) is 0 Å². The fraction of sp³-hybridized carbons (Fsp3) is 0.615. The fourth-order valence-corrected chi connectivity index (χ4v) is 3.02. The molecule has 106 valence electrons. The van der Waals surface area contributed by atoms with Crippen molar-refractivity contribution in [1.82, 2.24) is 24.8 Å². The molecule has 2 aromatic rings. The van der Waals surface area contributed by atoms with Crippen LogP contribution in [0.15, 0.2) is 21.4 Å². The molecule has 0 spiro atoms. The van der Waals surface area contributed by atoms with E-state index in [2.05, 4.69) is 36.1 Å². The van der Waals surface area contributed by atoms with Crippen LogP contribution in [0.5, 0.6) is 0 Å². The predicted molar refractivity (Wildman–Crippen MR) is 75.1 cm³/mol. The average molecular weight is 338 g/mol. The van der Waals surface area contributed by atoms with E-state index in [1.807, 2.05) is 17.1 Å². The fourth-order valence-electron chi connectivity index (χ4n) is 2.71. The minimum atomic E-state index is 0.441. The van der Waals surface area contributed by atoms with E-state index in [9.17, 15) is 0 Å². The van der Waals surface area contributed by atoms with Gasteiger partial charge in [0.1, 0.15) is 0 Å². The zero-order valence-corrected chi connectivity index (χ0v) is 12.7. The summed E-state index contributed by atoms with van der Waals surface area (Å²) in [5.74, 6) is 2.17. The van der Waals surface area contributed by atoms with Gasteiger partial charge in [0.15, 0.2) is 5.82 Å². The summed E-state index contributed by atoms with van der Waals surface area (Å²) in [6.45, 7) is 2.81. The first-order chi connectivity index (χ1) is 9.78. The summed E-state index contributed by atoms with van der Waals surface area (Å²) in [6, 6.07) is 0.441. The van der Waals surface area contributed by atoms with Crippen molar-refractivity contribution in [3.05, 3.63) is 28.6 Å². The molecule has 0 bridgehead atoms. The monoisotopic (exact) mass is 337 g/mol. The Morgan fingerprint density at radius 1 is 1.35 bits per heavy atom. The summed E-state index contributed by atoms with van der Waals surface area (Å²) in [5, 5.41) is 8.45. The van der Waals surface area contributed by atoms with Crippen molar-refractivity contribution in [3.8, 4) is 0 Å². The average Bonchev–Trinajstić information content (AvgIpc) is 2.86. The van der Waals surface area contributed by atoms with Crippen LogP contribution in [0.2, 0.25) is 0 Å². The van der Waals surface area contributed by atoms with E-state index in [4.69, 9.17) is 4.52 Å². The molecule has 1 aliphatic carbocycles. The summed E-state index contributed by atoms with van der Waals surface area (Å²) in [5.41, 5.74) is 0. The Kier molecular flexibility index (Phi) is 3.11. The number of aromatic nitrogens is 4. The topological polar surface area (TPSA) is 60.0 Å². The quantitative estimate of drug-likeness (QED) is 0.856. The summed E-state index contributed by atoms with van der Waals surface area (Å²) >= 11 is 3.44. The van der Waals surface area contributed by atoms with Crippen molar-refractivity contribution < 1.29 is 4.52 Å². The largest absolute Gasteiger partial charge is 0.339 e. The van der Waals surface area contributed by atoms with Crippen LogP contribution in [0.4, 0.5) is 0 Å². The third-order valence-corrected chi connectivity index (χ3v) is 4.38. The molecule has 1 saturated carbocycles. The van der Waals surface area contributed by atoms with E-state index in [0.717, 1.165) is 42.2 Å². The third-order valence-electron chi connectivity index (χ3n) is 3.97. The maximum absolute atomic E-state index is 5.30. The van der Waals surface area contributed by atoms with Gasteiger partial charge in [-0.15, -0.1) is 0 Å². The predicted octanol–water partition coefficient (Wildman–Crippen LogP) is 2.35. The highest BCUT2D eigenvalue weighted by Gasteiger charge is 2.30. The van der Waals surface area contributed by atoms with Gasteiger partial charge in [-0.25, -0.2) is 0 Å². The number of halogens is 1. The van der Waals surface area contributed by atoms with E-state index < -0.39 is 0 Å². The van der Waals surface area contributed by atoms with Crippen molar-refractivity contribution in [3.63, 3.8) is 0 Å². The van der Waals surface area contributed by atoms with Crippen molar-refractivity contribution in [1.29, 1.82) is 0 Å². The van der Waals surface area contributed by atoms with Crippen molar-refractivity contribution in [2.45, 2.75) is 37.8 Å². The van der Waals surface area contributed by atoms with Crippen LogP contribution < -0.4 is 0 Å². The normalized spacial score (nSPS) is 23.6. The van der Waals surface area contributed by atoms with Crippen LogP contribution in [-0.4, -0.2) is 37.9 Å². The van der Waals surface area contributed by atoms with Gasteiger partial charge in [-0.2, -0.15) is 10.1 Å². The minimum absolute atomic E-state index is 0.441. The van der Waals surface area contributed by atoms with Gasteiger partial charge in [-0.05, 0) is 35.2 Å². The maximum atomic E-state index is 5.30. The molecule has 0 N–H and O–H groups in total. The van der Waals surface area contributed by atoms with Gasteiger partial charge >= 0.3 is 0 Å². The van der Waals surface area contributed by atoms with Crippen LogP contribution in [0.25, 0.3) is 0 Å². The van der Waals surface area contributed by atoms with Crippen molar-refractivity contribution in [2.24, 2.45) is 0 Å². The molecular formula is C13H16BrN5O. The summed E-state index contributed by atoms with van der Waals surface area (Å²) in [6.07, 6.45) is 7.38. The van der Waals surface area contributed by atoms with E-state index in [-0.39, 0.29) is 0 Å². The molecule has 1 atom stereocenters. The molecule has 1 saturated heterocycles. The number of hydrogen-bond acceptors (Lipinski definition) is 5. The Labute approximate surface area is 125 Å². The zero-order chi connectivity index (χ0) is 13.5. The molecule has 3 heterocycles. The molecule has 4 rings (SSSR count). The van der Waals surface area contributed by atoms with Gasteiger partial charge in [-0.1, -0.05) is 5.16 Å². The Hall–Kier alpha value is -1.21. The number of nitrogens with zero attached hydrogens (tertiary/aromatic N) is 5. The first kappa shape index (κ1) is 12.5. The molecule has 1 unspecified atom stereocenters. The molecule has 0 aromatic carbocycles.